The van der Waals surface area contributed by atoms with Crippen LogP contribution < -0.4 is 4.90 Å². The van der Waals surface area contributed by atoms with E-state index < -0.39 is 0 Å². The van der Waals surface area contributed by atoms with Crippen LogP contribution in [0.3, 0.4) is 0 Å². The smallest absolute Gasteiger partial charge is 0.265 e. The SMILES string of the molecule is O=C1c2cccc3cccc(c23)C(=O)N1c1ccc(/C=C/C2=CC=CC2)cc1. The van der Waals surface area contributed by atoms with Crippen LogP contribution in [0.5, 0.6) is 0 Å². The highest BCUT2D eigenvalue weighted by atomic mass is 16.2. The van der Waals surface area contributed by atoms with E-state index in [1.54, 1.807) is 12.1 Å². The third kappa shape index (κ3) is 2.60. The highest BCUT2D eigenvalue weighted by molar-refractivity contribution is 6.35. The van der Waals surface area contributed by atoms with Crippen LogP contribution in [-0.4, -0.2) is 11.8 Å². The molecule has 134 valence electrons. The molecule has 0 fully saturated rings. The zero-order valence-corrected chi connectivity index (χ0v) is 15.1. The molecule has 0 radical (unpaired) electrons. The Balaban J connectivity index is 1.50. The van der Waals surface area contributed by atoms with Crippen molar-refractivity contribution in [2.75, 3.05) is 4.90 Å². The molecule has 0 spiro atoms. The number of nitrogens with zero attached hydrogens (tertiary/aromatic N) is 1. The summed E-state index contributed by atoms with van der Waals surface area (Å²) in [6, 6.07) is 18.6. The molecule has 3 heteroatoms. The van der Waals surface area contributed by atoms with Crippen LogP contribution in [0.25, 0.3) is 16.8 Å². The maximum Gasteiger partial charge on any atom is 0.265 e. The summed E-state index contributed by atoms with van der Waals surface area (Å²) in [5.74, 6) is -0.556. The summed E-state index contributed by atoms with van der Waals surface area (Å²) < 4.78 is 0. The Hall–Kier alpha value is -3.72. The van der Waals surface area contributed by atoms with Gasteiger partial charge in [0.15, 0.2) is 0 Å². The van der Waals surface area contributed by atoms with Crippen molar-refractivity contribution in [3.63, 3.8) is 0 Å². The molecule has 3 aromatic rings. The van der Waals surface area contributed by atoms with Gasteiger partial charge in [-0.1, -0.05) is 66.8 Å². The standard InChI is InChI=1S/C25H17NO2/c27-24-21-9-3-7-19-8-4-10-22(23(19)21)25(28)26(24)20-15-13-18(14-16-20)12-11-17-5-1-2-6-17/h1-5,7-16H,6H2/b12-11+. The fourth-order valence-corrected chi connectivity index (χ4v) is 3.79. The van der Waals surface area contributed by atoms with Crippen LogP contribution in [0, 0.1) is 0 Å². The van der Waals surface area contributed by atoms with Gasteiger partial charge in [-0.25, -0.2) is 4.90 Å². The van der Waals surface area contributed by atoms with Gasteiger partial charge in [0, 0.05) is 16.5 Å². The molecule has 28 heavy (non-hydrogen) atoms. The van der Waals surface area contributed by atoms with Crippen molar-refractivity contribution in [3.05, 3.63) is 107 Å². The largest absolute Gasteiger partial charge is 0.268 e. The fraction of sp³-hybridized carbons (Fsp3) is 0.0400. The van der Waals surface area contributed by atoms with Crippen molar-refractivity contribution < 1.29 is 9.59 Å². The van der Waals surface area contributed by atoms with Crippen LogP contribution in [0.2, 0.25) is 0 Å². The molecule has 5 rings (SSSR count). The first-order chi connectivity index (χ1) is 13.7. The summed E-state index contributed by atoms with van der Waals surface area (Å²) in [6.45, 7) is 0. The lowest BCUT2D eigenvalue weighted by molar-refractivity contribution is 0.0893. The molecule has 2 amide bonds. The number of carbonyl (C=O) groups is 2. The molecule has 0 saturated carbocycles. The number of amides is 2. The topological polar surface area (TPSA) is 37.4 Å². The molecule has 3 aromatic carbocycles. The number of rotatable bonds is 3. The molecule has 0 aromatic heterocycles. The Morgan fingerprint density at radius 1 is 0.786 bits per heavy atom. The van der Waals surface area contributed by atoms with Gasteiger partial charge in [-0.05, 0) is 47.2 Å². The van der Waals surface area contributed by atoms with Crippen molar-refractivity contribution in [1.29, 1.82) is 0 Å². The van der Waals surface area contributed by atoms with Gasteiger partial charge >= 0.3 is 0 Å². The predicted octanol–water partition coefficient (Wildman–Crippen LogP) is 5.54. The maximum atomic E-state index is 13.1. The minimum Gasteiger partial charge on any atom is -0.268 e. The Morgan fingerprint density at radius 3 is 2.07 bits per heavy atom. The average molecular weight is 363 g/mol. The fourth-order valence-electron chi connectivity index (χ4n) is 3.79. The van der Waals surface area contributed by atoms with Gasteiger partial charge < -0.3 is 0 Å². The maximum absolute atomic E-state index is 13.1. The van der Waals surface area contributed by atoms with Crippen LogP contribution in [0.15, 0.2) is 90.5 Å². The van der Waals surface area contributed by atoms with E-state index in [-0.39, 0.29) is 11.8 Å². The van der Waals surface area contributed by atoms with Crippen LogP contribution >= 0.6 is 0 Å². The minimum atomic E-state index is -0.278. The lowest BCUT2D eigenvalue weighted by Crippen LogP contribution is -2.40. The van der Waals surface area contributed by atoms with Crippen molar-refractivity contribution in [2.45, 2.75) is 6.42 Å². The van der Waals surface area contributed by atoms with E-state index in [0.29, 0.717) is 16.8 Å². The summed E-state index contributed by atoms with van der Waals surface area (Å²) in [5.41, 5.74) is 4.00. The van der Waals surface area contributed by atoms with Gasteiger partial charge in [-0.2, -0.15) is 0 Å². The van der Waals surface area contributed by atoms with E-state index in [4.69, 9.17) is 0 Å². The molecule has 0 atom stereocenters. The molecule has 2 aliphatic rings. The molecule has 3 nitrogen and oxygen atoms in total. The van der Waals surface area contributed by atoms with Crippen molar-refractivity contribution in [1.82, 2.24) is 0 Å². The van der Waals surface area contributed by atoms with E-state index in [0.717, 1.165) is 22.8 Å². The van der Waals surface area contributed by atoms with E-state index in [2.05, 4.69) is 24.3 Å². The Morgan fingerprint density at radius 2 is 1.46 bits per heavy atom. The highest BCUT2D eigenvalue weighted by Crippen LogP contribution is 2.32. The van der Waals surface area contributed by atoms with E-state index in [1.807, 2.05) is 54.6 Å². The number of benzene rings is 3. The Bertz CT molecular complexity index is 1160. The lowest BCUT2D eigenvalue weighted by atomic mass is 9.93. The number of imide groups is 1. The molecular weight excluding hydrogens is 346 g/mol. The van der Waals surface area contributed by atoms with E-state index in [1.165, 1.54) is 10.5 Å². The predicted molar refractivity (Wildman–Crippen MR) is 112 cm³/mol. The molecule has 1 aliphatic heterocycles. The molecule has 1 heterocycles. The van der Waals surface area contributed by atoms with E-state index in [9.17, 15) is 9.59 Å². The summed E-state index contributed by atoms with van der Waals surface area (Å²) >= 11 is 0. The summed E-state index contributed by atoms with van der Waals surface area (Å²) in [6.07, 6.45) is 11.3. The average Bonchev–Trinajstić information content (AvgIpc) is 3.25. The second kappa shape index (κ2) is 6.46. The normalized spacial score (nSPS) is 15.7. The van der Waals surface area contributed by atoms with Crippen LogP contribution in [-0.2, 0) is 0 Å². The van der Waals surface area contributed by atoms with Crippen molar-refractivity contribution in [3.8, 4) is 0 Å². The first kappa shape index (κ1) is 16.5. The summed E-state index contributed by atoms with van der Waals surface area (Å²) in [7, 11) is 0. The number of anilines is 1. The van der Waals surface area contributed by atoms with E-state index >= 15 is 0 Å². The summed E-state index contributed by atoms with van der Waals surface area (Å²) in [5, 5.41) is 1.65. The number of allylic oxidation sites excluding steroid dienone is 5. The first-order valence-electron chi connectivity index (χ1n) is 9.27. The zero-order chi connectivity index (χ0) is 19.1. The Labute approximate surface area is 162 Å². The van der Waals surface area contributed by atoms with Crippen LogP contribution in [0.4, 0.5) is 5.69 Å². The first-order valence-corrected chi connectivity index (χ1v) is 9.27. The van der Waals surface area contributed by atoms with Crippen molar-refractivity contribution >= 4 is 34.4 Å². The second-order valence-electron chi connectivity index (χ2n) is 6.95. The number of hydrogen-bond donors (Lipinski definition) is 0. The lowest BCUT2D eigenvalue weighted by Gasteiger charge is -2.27. The highest BCUT2D eigenvalue weighted by Gasteiger charge is 2.33. The second-order valence-corrected chi connectivity index (χ2v) is 6.95. The molecule has 0 unspecified atom stereocenters. The zero-order valence-electron chi connectivity index (χ0n) is 15.1. The van der Waals surface area contributed by atoms with Gasteiger partial charge in [0.05, 0.1) is 5.69 Å². The number of hydrogen-bond acceptors (Lipinski definition) is 2. The molecular formula is C25H17NO2. The quantitative estimate of drug-likeness (QED) is 0.573. The van der Waals surface area contributed by atoms with Gasteiger partial charge in [0.25, 0.3) is 11.8 Å². The monoisotopic (exact) mass is 363 g/mol. The Kier molecular flexibility index (Phi) is 3.80. The number of carbonyl (C=O) groups excluding carboxylic acids is 2. The van der Waals surface area contributed by atoms with Gasteiger partial charge in [0.1, 0.15) is 0 Å². The van der Waals surface area contributed by atoms with Gasteiger partial charge in [-0.15, -0.1) is 0 Å². The van der Waals surface area contributed by atoms with Gasteiger partial charge in [0.2, 0.25) is 0 Å². The third-order valence-electron chi connectivity index (χ3n) is 5.21. The third-order valence-corrected chi connectivity index (χ3v) is 5.21. The van der Waals surface area contributed by atoms with Crippen molar-refractivity contribution in [2.24, 2.45) is 0 Å². The van der Waals surface area contributed by atoms with Crippen LogP contribution in [0.1, 0.15) is 32.7 Å². The molecule has 1 aliphatic carbocycles. The molecule has 0 N–H and O–H groups in total. The summed E-state index contributed by atoms with van der Waals surface area (Å²) in [4.78, 5) is 27.4. The molecule has 0 saturated heterocycles. The minimum absolute atomic E-state index is 0.278. The van der Waals surface area contributed by atoms with Gasteiger partial charge in [-0.3, -0.25) is 9.59 Å². The molecule has 0 bridgehead atoms.